The number of halogens is 2. The number of hydrogen-bond donors (Lipinski definition) is 1. The summed E-state index contributed by atoms with van der Waals surface area (Å²) < 4.78 is 18.0. The third-order valence-electron chi connectivity index (χ3n) is 4.04. The molecule has 0 aromatic heterocycles. The summed E-state index contributed by atoms with van der Waals surface area (Å²) in [5, 5.41) is 3.20. The molecule has 2 rings (SSSR count). The fraction of sp³-hybridized carbons (Fsp3) is 0.300. The van der Waals surface area contributed by atoms with Crippen molar-refractivity contribution in [3.63, 3.8) is 0 Å². The van der Waals surface area contributed by atoms with Crippen molar-refractivity contribution in [3.05, 3.63) is 58.9 Å². The number of rotatable bonds is 8. The van der Waals surface area contributed by atoms with E-state index in [0.29, 0.717) is 29.4 Å². The Kier molecular flexibility index (Phi) is 7.61. The third kappa shape index (κ3) is 6.25. The minimum atomic E-state index is -0.286. The van der Waals surface area contributed by atoms with Crippen molar-refractivity contribution in [2.75, 3.05) is 25.1 Å². The summed E-state index contributed by atoms with van der Waals surface area (Å²) >= 11 is 6.11. The van der Waals surface area contributed by atoms with E-state index < -0.39 is 0 Å². The summed E-state index contributed by atoms with van der Waals surface area (Å²) in [4.78, 5) is 25.5. The normalized spacial score (nSPS) is 10.4. The summed E-state index contributed by atoms with van der Waals surface area (Å²) in [6.45, 7) is 2.11. The van der Waals surface area contributed by atoms with Gasteiger partial charge in [0.05, 0.1) is 12.1 Å². The highest BCUT2D eigenvalue weighted by Crippen LogP contribution is 2.29. The van der Waals surface area contributed by atoms with Gasteiger partial charge in [0.25, 0.3) is 0 Å². The van der Waals surface area contributed by atoms with E-state index in [1.807, 2.05) is 0 Å². The summed E-state index contributed by atoms with van der Waals surface area (Å²) in [6.07, 6.45) is 0.767. The summed E-state index contributed by atoms with van der Waals surface area (Å²) in [5.41, 5.74) is 1.54. The number of anilines is 1. The van der Waals surface area contributed by atoms with Gasteiger partial charge in [-0.15, -0.1) is 0 Å². The smallest absolute Gasteiger partial charge is 0.223 e. The minimum Gasteiger partial charge on any atom is -0.495 e. The second-order valence-corrected chi connectivity index (χ2v) is 6.37. The molecule has 0 aliphatic heterocycles. The van der Waals surface area contributed by atoms with Crippen molar-refractivity contribution in [2.24, 2.45) is 0 Å². The van der Waals surface area contributed by atoms with Crippen LogP contribution in [0.5, 0.6) is 5.75 Å². The van der Waals surface area contributed by atoms with Crippen molar-refractivity contribution >= 4 is 29.1 Å². The maximum atomic E-state index is 12.9. The average Bonchev–Trinajstić information content (AvgIpc) is 2.63. The Balaban J connectivity index is 1.86. The highest BCUT2D eigenvalue weighted by molar-refractivity contribution is 6.32. The summed E-state index contributed by atoms with van der Waals surface area (Å²) in [5.74, 6) is -0.119. The van der Waals surface area contributed by atoms with Crippen LogP contribution in [0.4, 0.5) is 10.1 Å². The lowest BCUT2D eigenvalue weighted by molar-refractivity contribution is -0.121. The monoisotopic (exact) mass is 392 g/mol. The van der Waals surface area contributed by atoms with Crippen molar-refractivity contribution in [3.8, 4) is 5.75 Å². The topological polar surface area (TPSA) is 58.6 Å². The summed E-state index contributed by atoms with van der Waals surface area (Å²) in [6, 6.07) is 11.2. The molecule has 0 heterocycles. The van der Waals surface area contributed by atoms with E-state index in [1.165, 1.54) is 31.1 Å². The average molecular weight is 393 g/mol. The van der Waals surface area contributed by atoms with Crippen molar-refractivity contribution in [1.29, 1.82) is 0 Å². The van der Waals surface area contributed by atoms with Crippen LogP contribution in [-0.4, -0.2) is 32.0 Å². The van der Waals surface area contributed by atoms with Gasteiger partial charge < -0.3 is 15.0 Å². The van der Waals surface area contributed by atoms with Crippen LogP contribution in [0.3, 0.4) is 0 Å². The van der Waals surface area contributed by atoms with Gasteiger partial charge in [0, 0.05) is 32.1 Å². The fourth-order valence-corrected chi connectivity index (χ4v) is 2.84. The van der Waals surface area contributed by atoms with Crippen LogP contribution in [0.15, 0.2) is 42.5 Å². The minimum absolute atomic E-state index is 0.159. The number of hydrogen-bond acceptors (Lipinski definition) is 3. The Morgan fingerprint density at radius 1 is 1.19 bits per heavy atom. The number of nitrogens with one attached hydrogen (secondary N) is 1. The molecule has 144 valence electrons. The maximum Gasteiger partial charge on any atom is 0.223 e. The lowest BCUT2D eigenvalue weighted by atomic mass is 10.1. The molecule has 0 spiro atoms. The Bertz CT molecular complexity index is 796. The van der Waals surface area contributed by atoms with E-state index in [0.717, 1.165) is 5.56 Å². The standard InChI is InChI=1S/C20H22ClFN2O3/c1-14(25)24(17-7-8-19(27-2)18(21)13-17)12-10-20(26)23-11-9-15-3-5-16(22)6-4-15/h3-8,13H,9-12H2,1-2H3,(H,23,26). The highest BCUT2D eigenvalue weighted by atomic mass is 35.5. The number of methoxy groups -OCH3 is 1. The first-order valence-electron chi connectivity index (χ1n) is 8.53. The van der Waals surface area contributed by atoms with E-state index in [2.05, 4.69) is 5.32 Å². The molecule has 0 atom stereocenters. The predicted octanol–water partition coefficient (Wildman–Crippen LogP) is 3.59. The zero-order valence-corrected chi connectivity index (χ0v) is 16.1. The summed E-state index contributed by atoms with van der Waals surface area (Å²) in [7, 11) is 1.51. The highest BCUT2D eigenvalue weighted by Gasteiger charge is 2.15. The molecule has 27 heavy (non-hydrogen) atoms. The van der Waals surface area contributed by atoms with Crippen LogP contribution >= 0.6 is 11.6 Å². The van der Waals surface area contributed by atoms with Gasteiger partial charge in [-0.05, 0) is 42.3 Å². The molecule has 0 aliphatic carbocycles. The molecule has 5 nitrogen and oxygen atoms in total. The molecule has 2 amide bonds. The van der Waals surface area contributed by atoms with Crippen LogP contribution in [0.2, 0.25) is 5.02 Å². The van der Waals surface area contributed by atoms with Gasteiger partial charge >= 0.3 is 0 Å². The third-order valence-corrected chi connectivity index (χ3v) is 4.33. The molecule has 2 aromatic rings. The molecule has 0 fully saturated rings. The van der Waals surface area contributed by atoms with Crippen LogP contribution in [0.25, 0.3) is 0 Å². The van der Waals surface area contributed by atoms with E-state index in [9.17, 15) is 14.0 Å². The zero-order chi connectivity index (χ0) is 19.8. The predicted molar refractivity (Wildman–Crippen MR) is 104 cm³/mol. The number of amides is 2. The molecule has 0 bridgehead atoms. The molecule has 0 radical (unpaired) electrons. The molecule has 2 aromatic carbocycles. The van der Waals surface area contributed by atoms with Gasteiger partial charge in [0.15, 0.2) is 0 Å². The number of benzene rings is 2. The van der Waals surface area contributed by atoms with Crippen LogP contribution in [0.1, 0.15) is 18.9 Å². The van der Waals surface area contributed by atoms with E-state index in [4.69, 9.17) is 16.3 Å². The van der Waals surface area contributed by atoms with Crippen molar-refractivity contribution < 1.29 is 18.7 Å². The van der Waals surface area contributed by atoms with E-state index in [1.54, 1.807) is 30.3 Å². The number of carbonyl (C=O) groups excluding carboxylic acids is 2. The van der Waals surface area contributed by atoms with Crippen LogP contribution in [-0.2, 0) is 16.0 Å². The van der Waals surface area contributed by atoms with Gasteiger partial charge in [-0.3, -0.25) is 9.59 Å². The second kappa shape index (κ2) is 9.92. The zero-order valence-electron chi connectivity index (χ0n) is 15.3. The van der Waals surface area contributed by atoms with E-state index in [-0.39, 0.29) is 30.6 Å². The second-order valence-electron chi connectivity index (χ2n) is 5.97. The molecule has 7 heteroatoms. The first-order chi connectivity index (χ1) is 12.9. The molecule has 0 saturated carbocycles. The van der Waals surface area contributed by atoms with Gasteiger partial charge in [-0.2, -0.15) is 0 Å². The molecule has 0 aliphatic rings. The fourth-order valence-electron chi connectivity index (χ4n) is 2.59. The number of carbonyl (C=O) groups is 2. The first-order valence-corrected chi connectivity index (χ1v) is 8.91. The molecule has 0 saturated heterocycles. The molecular formula is C20H22ClFN2O3. The Hall–Kier alpha value is -2.60. The lowest BCUT2D eigenvalue weighted by Gasteiger charge is -2.21. The quantitative estimate of drug-likeness (QED) is 0.746. The van der Waals surface area contributed by atoms with Gasteiger partial charge in [0.2, 0.25) is 11.8 Å². The Morgan fingerprint density at radius 2 is 1.89 bits per heavy atom. The number of nitrogens with zero attached hydrogens (tertiary/aromatic N) is 1. The van der Waals surface area contributed by atoms with Crippen LogP contribution in [0, 0.1) is 5.82 Å². The SMILES string of the molecule is COc1ccc(N(CCC(=O)NCCc2ccc(F)cc2)C(C)=O)cc1Cl. The van der Waals surface area contributed by atoms with Crippen molar-refractivity contribution in [2.45, 2.75) is 19.8 Å². The molecule has 1 N–H and O–H groups in total. The van der Waals surface area contributed by atoms with E-state index >= 15 is 0 Å². The van der Waals surface area contributed by atoms with Gasteiger partial charge in [0.1, 0.15) is 11.6 Å². The van der Waals surface area contributed by atoms with Crippen molar-refractivity contribution in [1.82, 2.24) is 5.32 Å². The van der Waals surface area contributed by atoms with Crippen LogP contribution < -0.4 is 15.0 Å². The van der Waals surface area contributed by atoms with Gasteiger partial charge in [-0.1, -0.05) is 23.7 Å². The Labute approximate surface area is 163 Å². The molecule has 0 unspecified atom stereocenters. The Morgan fingerprint density at radius 3 is 2.48 bits per heavy atom. The lowest BCUT2D eigenvalue weighted by Crippen LogP contribution is -2.34. The maximum absolute atomic E-state index is 12.9. The first kappa shape index (κ1) is 20.7. The largest absolute Gasteiger partial charge is 0.495 e. The number of ether oxygens (including phenoxy) is 1. The van der Waals surface area contributed by atoms with Gasteiger partial charge in [-0.25, -0.2) is 4.39 Å². The molecular weight excluding hydrogens is 371 g/mol.